The minimum absolute atomic E-state index is 0.160. The van der Waals surface area contributed by atoms with Crippen LogP contribution >= 0.6 is 0 Å². The summed E-state index contributed by atoms with van der Waals surface area (Å²) in [5, 5.41) is 2.85. The van der Waals surface area contributed by atoms with Gasteiger partial charge in [0.25, 0.3) is 0 Å². The summed E-state index contributed by atoms with van der Waals surface area (Å²) < 4.78 is 4.91. The first-order valence-electron chi connectivity index (χ1n) is 3.61. The molecule has 1 aliphatic heterocycles. The van der Waals surface area contributed by atoms with Gasteiger partial charge in [0.15, 0.2) is 0 Å². The molecule has 1 amide bonds. The van der Waals surface area contributed by atoms with E-state index in [4.69, 9.17) is 4.74 Å². The Bertz CT molecular complexity index is 123. The fourth-order valence-electron chi connectivity index (χ4n) is 1.21. The number of hydrogen-bond acceptors (Lipinski definition) is 2. The predicted octanol–water partition coefficient (Wildman–Crippen LogP) is 0.302. The van der Waals surface area contributed by atoms with Gasteiger partial charge in [0, 0.05) is 13.5 Å². The van der Waals surface area contributed by atoms with Gasteiger partial charge in [0.05, 0.1) is 12.6 Å². The highest BCUT2D eigenvalue weighted by atomic mass is 16.5. The highest BCUT2D eigenvalue weighted by Crippen LogP contribution is 2.07. The number of piperidine rings is 1. The lowest BCUT2D eigenvalue weighted by molar-refractivity contribution is -0.123. The summed E-state index contributed by atoms with van der Waals surface area (Å²) in [7, 11) is 1.65. The third-order valence-electron chi connectivity index (χ3n) is 1.69. The predicted molar refractivity (Wildman–Crippen MR) is 37.7 cm³/mol. The molecule has 1 unspecified atom stereocenters. The van der Waals surface area contributed by atoms with Crippen molar-refractivity contribution in [2.75, 3.05) is 13.7 Å². The molecule has 1 aliphatic rings. The van der Waals surface area contributed by atoms with E-state index in [-0.39, 0.29) is 11.9 Å². The van der Waals surface area contributed by atoms with Crippen LogP contribution in [0.15, 0.2) is 0 Å². The topological polar surface area (TPSA) is 38.3 Å². The van der Waals surface area contributed by atoms with Crippen LogP contribution in [0.25, 0.3) is 0 Å². The molecule has 1 N–H and O–H groups in total. The van der Waals surface area contributed by atoms with Gasteiger partial charge in [-0.25, -0.2) is 0 Å². The van der Waals surface area contributed by atoms with Crippen LogP contribution in [0.3, 0.4) is 0 Å². The number of rotatable bonds is 2. The standard InChI is InChI=1S/C7H13NO2/c1-10-5-6-3-2-4-7(9)8-6/h6H,2-5H2,1H3,(H,8,9). The molecule has 1 fully saturated rings. The molecule has 0 aromatic carbocycles. The van der Waals surface area contributed by atoms with E-state index in [2.05, 4.69) is 5.32 Å². The van der Waals surface area contributed by atoms with Crippen LogP contribution in [-0.4, -0.2) is 25.7 Å². The number of nitrogens with one attached hydrogen (secondary N) is 1. The first kappa shape index (κ1) is 7.54. The van der Waals surface area contributed by atoms with Gasteiger partial charge < -0.3 is 10.1 Å². The zero-order valence-electron chi connectivity index (χ0n) is 6.22. The van der Waals surface area contributed by atoms with Crippen molar-refractivity contribution in [1.29, 1.82) is 0 Å². The minimum Gasteiger partial charge on any atom is -0.383 e. The lowest BCUT2D eigenvalue weighted by atomic mass is 10.1. The van der Waals surface area contributed by atoms with Crippen molar-refractivity contribution in [2.24, 2.45) is 0 Å². The van der Waals surface area contributed by atoms with Gasteiger partial charge in [-0.15, -0.1) is 0 Å². The van der Waals surface area contributed by atoms with Crippen molar-refractivity contribution in [2.45, 2.75) is 25.3 Å². The smallest absolute Gasteiger partial charge is 0.220 e. The summed E-state index contributed by atoms with van der Waals surface area (Å²) in [6.45, 7) is 0.645. The number of carbonyl (C=O) groups is 1. The zero-order valence-corrected chi connectivity index (χ0v) is 6.22. The molecule has 10 heavy (non-hydrogen) atoms. The number of ether oxygens (including phenoxy) is 1. The summed E-state index contributed by atoms with van der Waals surface area (Å²) in [6.07, 6.45) is 2.74. The average molecular weight is 143 g/mol. The Hall–Kier alpha value is -0.570. The van der Waals surface area contributed by atoms with Crippen LogP contribution in [-0.2, 0) is 9.53 Å². The van der Waals surface area contributed by atoms with Crippen LogP contribution in [0.2, 0.25) is 0 Å². The third kappa shape index (κ3) is 1.99. The fourth-order valence-corrected chi connectivity index (χ4v) is 1.21. The van der Waals surface area contributed by atoms with E-state index in [1.165, 1.54) is 0 Å². The molecule has 0 saturated carbocycles. The summed E-state index contributed by atoms with van der Waals surface area (Å²) in [4.78, 5) is 10.8. The second-order valence-corrected chi connectivity index (χ2v) is 2.61. The van der Waals surface area contributed by atoms with E-state index in [0.29, 0.717) is 13.0 Å². The van der Waals surface area contributed by atoms with Crippen molar-refractivity contribution < 1.29 is 9.53 Å². The van der Waals surface area contributed by atoms with E-state index in [9.17, 15) is 4.79 Å². The van der Waals surface area contributed by atoms with Gasteiger partial charge >= 0.3 is 0 Å². The van der Waals surface area contributed by atoms with Crippen molar-refractivity contribution in [3.63, 3.8) is 0 Å². The van der Waals surface area contributed by atoms with Crippen molar-refractivity contribution in [1.82, 2.24) is 5.32 Å². The fraction of sp³-hybridized carbons (Fsp3) is 0.857. The number of amides is 1. The van der Waals surface area contributed by atoms with Gasteiger partial charge in [-0.1, -0.05) is 0 Å². The maximum absolute atomic E-state index is 10.8. The van der Waals surface area contributed by atoms with E-state index in [1.807, 2.05) is 0 Å². The molecule has 0 bridgehead atoms. The lowest BCUT2D eigenvalue weighted by Gasteiger charge is -2.21. The van der Waals surface area contributed by atoms with E-state index >= 15 is 0 Å². The van der Waals surface area contributed by atoms with Crippen molar-refractivity contribution in [3.05, 3.63) is 0 Å². The average Bonchev–Trinajstić information content (AvgIpc) is 1.88. The normalized spacial score (nSPS) is 26.1. The summed E-state index contributed by atoms with van der Waals surface area (Å²) in [5.41, 5.74) is 0. The minimum atomic E-state index is 0.160. The monoisotopic (exact) mass is 143 g/mol. The van der Waals surface area contributed by atoms with Crippen molar-refractivity contribution in [3.8, 4) is 0 Å². The lowest BCUT2D eigenvalue weighted by Crippen LogP contribution is -2.41. The molecule has 0 aromatic rings. The molecule has 1 atom stereocenters. The number of hydrogen-bond donors (Lipinski definition) is 1. The third-order valence-corrected chi connectivity index (χ3v) is 1.69. The Labute approximate surface area is 60.7 Å². The molecule has 58 valence electrons. The Morgan fingerprint density at radius 2 is 2.60 bits per heavy atom. The van der Waals surface area contributed by atoms with Crippen molar-refractivity contribution >= 4 is 5.91 Å². The summed E-state index contributed by atoms with van der Waals surface area (Å²) >= 11 is 0. The Kier molecular flexibility index (Phi) is 2.68. The first-order valence-corrected chi connectivity index (χ1v) is 3.61. The number of carbonyl (C=O) groups excluding carboxylic acids is 1. The quantitative estimate of drug-likeness (QED) is 0.603. The maximum atomic E-state index is 10.8. The Balaban J connectivity index is 2.25. The molecule has 0 aliphatic carbocycles. The SMILES string of the molecule is COCC1CCCC(=O)N1. The van der Waals surface area contributed by atoms with Crippen LogP contribution < -0.4 is 5.32 Å². The molecule has 0 radical (unpaired) electrons. The second-order valence-electron chi connectivity index (χ2n) is 2.61. The number of methoxy groups -OCH3 is 1. The van der Waals surface area contributed by atoms with Gasteiger partial charge in [-0.05, 0) is 12.8 Å². The summed E-state index contributed by atoms with van der Waals surface area (Å²) in [5.74, 6) is 0.160. The van der Waals surface area contributed by atoms with Crippen LogP contribution in [0, 0.1) is 0 Å². The van der Waals surface area contributed by atoms with Gasteiger partial charge in [-0.3, -0.25) is 4.79 Å². The van der Waals surface area contributed by atoms with Gasteiger partial charge in [0.2, 0.25) is 5.91 Å². The molecular formula is C7H13NO2. The Morgan fingerprint density at radius 3 is 3.20 bits per heavy atom. The molecule has 3 nitrogen and oxygen atoms in total. The van der Waals surface area contributed by atoms with E-state index < -0.39 is 0 Å². The van der Waals surface area contributed by atoms with Crippen LogP contribution in [0.4, 0.5) is 0 Å². The van der Waals surface area contributed by atoms with Gasteiger partial charge in [-0.2, -0.15) is 0 Å². The molecule has 0 aromatic heterocycles. The molecule has 3 heteroatoms. The maximum Gasteiger partial charge on any atom is 0.220 e. The summed E-state index contributed by atoms with van der Waals surface area (Å²) in [6, 6.07) is 0.256. The second kappa shape index (κ2) is 3.56. The largest absolute Gasteiger partial charge is 0.383 e. The molecular weight excluding hydrogens is 130 g/mol. The van der Waals surface area contributed by atoms with Crippen LogP contribution in [0.5, 0.6) is 0 Å². The zero-order chi connectivity index (χ0) is 7.40. The Morgan fingerprint density at radius 1 is 1.80 bits per heavy atom. The molecule has 0 spiro atoms. The highest BCUT2D eigenvalue weighted by molar-refractivity contribution is 5.76. The molecule has 1 saturated heterocycles. The van der Waals surface area contributed by atoms with E-state index in [0.717, 1.165) is 12.8 Å². The van der Waals surface area contributed by atoms with Gasteiger partial charge in [0.1, 0.15) is 0 Å². The first-order chi connectivity index (χ1) is 4.83. The molecule has 1 heterocycles. The highest BCUT2D eigenvalue weighted by Gasteiger charge is 2.16. The molecule has 1 rings (SSSR count). The van der Waals surface area contributed by atoms with E-state index in [1.54, 1.807) is 7.11 Å². The van der Waals surface area contributed by atoms with Crippen LogP contribution in [0.1, 0.15) is 19.3 Å².